The summed E-state index contributed by atoms with van der Waals surface area (Å²) in [5.41, 5.74) is 5.71. The summed E-state index contributed by atoms with van der Waals surface area (Å²) in [6, 6.07) is 5.93. The van der Waals surface area contributed by atoms with Gasteiger partial charge in [-0.15, -0.1) is 0 Å². The lowest BCUT2D eigenvalue weighted by Crippen LogP contribution is -2.30. The van der Waals surface area contributed by atoms with Gasteiger partial charge in [-0.1, -0.05) is 0 Å². The highest BCUT2D eigenvalue weighted by Crippen LogP contribution is 2.23. The number of nitriles is 1. The molecule has 1 aliphatic rings. The summed E-state index contributed by atoms with van der Waals surface area (Å²) < 4.78 is 5.45. The maximum Gasteiger partial charge on any atom is 0.270 e. The van der Waals surface area contributed by atoms with E-state index in [9.17, 15) is 14.9 Å². The molecule has 21 heavy (non-hydrogen) atoms. The zero-order valence-corrected chi connectivity index (χ0v) is 11.1. The Hall–Kier alpha value is -2.66. The number of nitro benzene ring substituents is 1. The molecular weight excluding hydrogens is 276 g/mol. The smallest absolute Gasteiger partial charge is 0.270 e. The Bertz CT molecular complexity index is 611. The topological polar surface area (TPSA) is 131 Å². The van der Waals surface area contributed by atoms with Crippen molar-refractivity contribution in [1.29, 1.82) is 5.26 Å². The first-order valence-electron chi connectivity index (χ1n) is 6.38. The molecule has 1 saturated heterocycles. The summed E-state index contributed by atoms with van der Waals surface area (Å²) in [6.45, 7) is 0.399. The fraction of sp³-hybridized carbons (Fsp3) is 0.385. The predicted octanol–water partition coefficient (Wildman–Crippen LogP) is 0.911. The molecule has 0 spiro atoms. The van der Waals surface area contributed by atoms with Crippen molar-refractivity contribution in [3.63, 3.8) is 0 Å². The highest BCUT2D eigenvalue weighted by molar-refractivity contribution is 5.79. The summed E-state index contributed by atoms with van der Waals surface area (Å²) in [4.78, 5) is 21.1. The maximum absolute atomic E-state index is 11.0. The molecule has 1 aromatic carbocycles. The van der Waals surface area contributed by atoms with Crippen molar-refractivity contribution in [2.24, 2.45) is 5.73 Å². The van der Waals surface area contributed by atoms with E-state index >= 15 is 0 Å². The normalized spacial score (nSPS) is 20.7. The molecule has 8 nitrogen and oxygen atoms in total. The molecule has 1 heterocycles. The molecule has 0 bridgehead atoms. The van der Waals surface area contributed by atoms with E-state index in [0.29, 0.717) is 25.1 Å². The lowest BCUT2D eigenvalue weighted by molar-refractivity contribution is -0.384. The van der Waals surface area contributed by atoms with Gasteiger partial charge in [-0.05, 0) is 18.9 Å². The standard InChI is InChI=1S/C13H14N4O4/c14-6-8-5-9(17(19)20)1-3-11(8)16-7-10-2-4-12(21-10)13(15)18/h1,3,5,10,12,16H,2,4,7H2,(H2,15,18). The van der Waals surface area contributed by atoms with Gasteiger partial charge in [-0.25, -0.2) is 0 Å². The number of nitrogens with zero attached hydrogens (tertiary/aromatic N) is 2. The molecule has 2 rings (SSSR count). The fourth-order valence-electron chi connectivity index (χ4n) is 2.18. The highest BCUT2D eigenvalue weighted by atomic mass is 16.6. The van der Waals surface area contributed by atoms with E-state index in [2.05, 4.69) is 5.32 Å². The number of hydrogen-bond donors (Lipinski definition) is 2. The summed E-state index contributed by atoms with van der Waals surface area (Å²) in [7, 11) is 0. The number of ether oxygens (including phenoxy) is 1. The molecule has 2 atom stereocenters. The number of nitrogens with two attached hydrogens (primary N) is 1. The van der Waals surface area contributed by atoms with Gasteiger partial charge in [-0.3, -0.25) is 14.9 Å². The molecule has 3 N–H and O–H groups in total. The molecular formula is C13H14N4O4. The number of anilines is 1. The minimum Gasteiger partial charge on any atom is -0.381 e. The van der Waals surface area contributed by atoms with Gasteiger partial charge < -0.3 is 15.8 Å². The number of carbonyl (C=O) groups excluding carboxylic acids is 1. The average molecular weight is 290 g/mol. The summed E-state index contributed by atoms with van der Waals surface area (Å²) in [5.74, 6) is -0.481. The van der Waals surface area contributed by atoms with Gasteiger partial charge in [0.05, 0.1) is 22.3 Å². The van der Waals surface area contributed by atoms with Gasteiger partial charge >= 0.3 is 0 Å². The summed E-state index contributed by atoms with van der Waals surface area (Å²) in [5, 5.41) is 22.7. The lowest BCUT2D eigenvalue weighted by Gasteiger charge is -2.14. The zero-order chi connectivity index (χ0) is 15.4. The van der Waals surface area contributed by atoms with Crippen molar-refractivity contribution < 1.29 is 14.5 Å². The van der Waals surface area contributed by atoms with E-state index in [1.165, 1.54) is 18.2 Å². The molecule has 1 aromatic rings. The monoisotopic (exact) mass is 290 g/mol. The third-order valence-electron chi connectivity index (χ3n) is 3.28. The first-order valence-corrected chi connectivity index (χ1v) is 6.38. The Morgan fingerprint density at radius 2 is 2.33 bits per heavy atom. The molecule has 110 valence electrons. The van der Waals surface area contributed by atoms with Crippen molar-refractivity contribution in [3.05, 3.63) is 33.9 Å². The second-order valence-corrected chi connectivity index (χ2v) is 4.71. The fourth-order valence-corrected chi connectivity index (χ4v) is 2.18. The SMILES string of the molecule is N#Cc1cc([N+](=O)[O-])ccc1NCC1CCC(C(N)=O)O1. The molecule has 1 fully saturated rings. The third kappa shape index (κ3) is 3.46. The maximum atomic E-state index is 11.0. The minimum absolute atomic E-state index is 0.136. The number of primary amides is 1. The second-order valence-electron chi connectivity index (χ2n) is 4.71. The van der Waals surface area contributed by atoms with Crippen LogP contribution in [0.5, 0.6) is 0 Å². The molecule has 0 radical (unpaired) electrons. The average Bonchev–Trinajstić information content (AvgIpc) is 2.93. The second kappa shape index (κ2) is 6.19. The van der Waals surface area contributed by atoms with Crippen LogP contribution in [0.25, 0.3) is 0 Å². The number of amides is 1. The predicted molar refractivity (Wildman–Crippen MR) is 73.4 cm³/mol. The van der Waals surface area contributed by atoms with Crippen LogP contribution in [0.1, 0.15) is 18.4 Å². The number of carbonyl (C=O) groups is 1. The van der Waals surface area contributed by atoms with E-state index < -0.39 is 16.9 Å². The van der Waals surface area contributed by atoms with E-state index in [0.717, 1.165) is 0 Å². The van der Waals surface area contributed by atoms with E-state index in [-0.39, 0.29) is 17.4 Å². The van der Waals surface area contributed by atoms with Crippen LogP contribution in [0.3, 0.4) is 0 Å². The first kappa shape index (κ1) is 14.7. The molecule has 1 aliphatic heterocycles. The minimum atomic E-state index is -0.566. The quantitative estimate of drug-likeness (QED) is 0.612. The van der Waals surface area contributed by atoms with Crippen molar-refractivity contribution in [1.82, 2.24) is 0 Å². The first-order chi connectivity index (χ1) is 10.0. The van der Waals surface area contributed by atoms with Gasteiger partial charge in [0, 0.05) is 18.7 Å². The van der Waals surface area contributed by atoms with Crippen LogP contribution >= 0.6 is 0 Å². The Morgan fingerprint density at radius 1 is 1.57 bits per heavy atom. The number of non-ortho nitro benzene ring substituents is 1. The van der Waals surface area contributed by atoms with Crippen molar-refractivity contribution in [2.75, 3.05) is 11.9 Å². The Labute approximate surface area is 120 Å². The Balaban J connectivity index is 1.99. The lowest BCUT2D eigenvalue weighted by atomic mass is 10.1. The molecule has 8 heteroatoms. The van der Waals surface area contributed by atoms with Crippen LogP contribution in [0, 0.1) is 21.4 Å². The van der Waals surface area contributed by atoms with Crippen LogP contribution < -0.4 is 11.1 Å². The highest BCUT2D eigenvalue weighted by Gasteiger charge is 2.28. The Kier molecular flexibility index (Phi) is 4.35. The Morgan fingerprint density at radius 3 is 2.90 bits per heavy atom. The van der Waals surface area contributed by atoms with Crippen molar-refractivity contribution in [3.8, 4) is 6.07 Å². The van der Waals surface area contributed by atoms with Crippen LogP contribution in [-0.4, -0.2) is 29.6 Å². The van der Waals surface area contributed by atoms with Gasteiger partial charge in [0.25, 0.3) is 5.69 Å². The van der Waals surface area contributed by atoms with Crippen LogP contribution in [0.15, 0.2) is 18.2 Å². The van der Waals surface area contributed by atoms with Crippen LogP contribution in [-0.2, 0) is 9.53 Å². The van der Waals surface area contributed by atoms with E-state index in [4.69, 9.17) is 15.7 Å². The number of benzene rings is 1. The van der Waals surface area contributed by atoms with Gasteiger partial charge in [-0.2, -0.15) is 5.26 Å². The number of nitro groups is 1. The van der Waals surface area contributed by atoms with Crippen molar-refractivity contribution in [2.45, 2.75) is 25.0 Å². The molecule has 0 aliphatic carbocycles. The molecule has 0 saturated carbocycles. The number of nitrogens with one attached hydrogen (secondary N) is 1. The third-order valence-corrected chi connectivity index (χ3v) is 3.28. The number of rotatable bonds is 5. The molecule has 1 amide bonds. The van der Waals surface area contributed by atoms with Gasteiger partial charge in [0.1, 0.15) is 12.2 Å². The zero-order valence-electron chi connectivity index (χ0n) is 11.1. The van der Waals surface area contributed by atoms with Crippen LogP contribution in [0.4, 0.5) is 11.4 Å². The molecule has 2 unspecified atom stereocenters. The summed E-state index contributed by atoms with van der Waals surface area (Å²) in [6.07, 6.45) is 0.524. The van der Waals surface area contributed by atoms with Crippen molar-refractivity contribution >= 4 is 17.3 Å². The van der Waals surface area contributed by atoms with E-state index in [1.54, 1.807) is 0 Å². The molecule has 0 aromatic heterocycles. The van der Waals surface area contributed by atoms with Gasteiger partial charge in [0.15, 0.2) is 0 Å². The van der Waals surface area contributed by atoms with Gasteiger partial charge in [0.2, 0.25) is 5.91 Å². The number of hydrogen-bond acceptors (Lipinski definition) is 6. The largest absolute Gasteiger partial charge is 0.381 e. The van der Waals surface area contributed by atoms with E-state index in [1.807, 2.05) is 6.07 Å². The van der Waals surface area contributed by atoms with Crippen LogP contribution in [0.2, 0.25) is 0 Å². The summed E-state index contributed by atoms with van der Waals surface area (Å²) >= 11 is 0.